The number of thiophene rings is 1. The highest BCUT2D eigenvalue weighted by Crippen LogP contribution is 2.55. The first-order chi connectivity index (χ1) is 12.3. The normalized spacial score (nSPS) is 17.2. The molecule has 3 rings (SSSR count). The lowest BCUT2D eigenvalue weighted by atomic mass is 9.97. The maximum atomic E-state index is 13.8. The Hall–Kier alpha value is -0.670. The minimum absolute atomic E-state index is 0.115. The van der Waals surface area contributed by atoms with Crippen molar-refractivity contribution in [1.29, 1.82) is 0 Å². The molecule has 1 aromatic carbocycles. The van der Waals surface area contributed by atoms with Crippen LogP contribution in [0.15, 0.2) is 24.3 Å². The molecule has 1 aliphatic carbocycles. The molecule has 0 aliphatic heterocycles. The van der Waals surface area contributed by atoms with Gasteiger partial charge in [-0.1, -0.05) is 44.7 Å². The van der Waals surface area contributed by atoms with Gasteiger partial charge in [-0.2, -0.15) is 0 Å². The maximum Gasteiger partial charge on any atom is 0.600 e. The van der Waals surface area contributed by atoms with Gasteiger partial charge in [0.2, 0.25) is 14.8 Å². The zero-order valence-electron chi connectivity index (χ0n) is 14.5. The van der Waals surface area contributed by atoms with Crippen LogP contribution in [0.25, 0.3) is 10.1 Å². The van der Waals surface area contributed by atoms with Gasteiger partial charge in [0.05, 0.1) is 10.5 Å². The predicted octanol–water partition coefficient (Wildman–Crippen LogP) is 3.50. The van der Waals surface area contributed by atoms with Crippen LogP contribution in [0.2, 0.25) is 0 Å². The first-order valence-electron chi connectivity index (χ1n) is 8.63. The van der Waals surface area contributed by atoms with Crippen LogP contribution < -0.4 is 12.6 Å². The van der Waals surface area contributed by atoms with Crippen molar-refractivity contribution in [3.8, 4) is 0 Å². The summed E-state index contributed by atoms with van der Waals surface area (Å²) in [5.74, 6) is 0.115. The number of fused-ring (bicyclic) bond motifs is 1. The topological polar surface area (TPSA) is 69.2 Å². The summed E-state index contributed by atoms with van der Waals surface area (Å²) in [7, 11) is -1.71. The quantitative estimate of drug-likeness (QED) is 0.514. The van der Waals surface area contributed by atoms with Crippen molar-refractivity contribution >= 4 is 20.6 Å². The van der Waals surface area contributed by atoms with Crippen molar-refractivity contribution < 1.29 is 40.6 Å². The largest absolute Gasteiger partial charge is 0.600 e. The number of benzene rings is 1. The highest BCUT2D eigenvalue weighted by atomic mass is 80.0. The molecule has 0 N–H and O–H groups in total. The summed E-state index contributed by atoms with van der Waals surface area (Å²) in [5, 5.41) is 0.852. The smallest absolute Gasteiger partial charge is 0.405 e. The van der Waals surface area contributed by atoms with E-state index in [9.17, 15) is 13.2 Å². The lowest BCUT2D eigenvalue weighted by Crippen LogP contribution is -2.42. The summed E-state index contributed by atoms with van der Waals surface area (Å²) in [6.07, 6.45) is 7.07. The summed E-state index contributed by atoms with van der Waals surface area (Å²) in [6, 6.07) is 7.32. The van der Waals surface area contributed by atoms with Gasteiger partial charge in [0.1, 0.15) is 0 Å². The van der Waals surface area contributed by atoms with Gasteiger partial charge in [-0.05, 0) is 30.9 Å². The Kier molecular flexibility index (Phi) is 7.90. The van der Waals surface area contributed by atoms with Crippen molar-refractivity contribution in [3.05, 3.63) is 34.7 Å². The number of aryl methyl sites for hydroxylation is 1. The van der Waals surface area contributed by atoms with Crippen LogP contribution in [-0.4, -0.2) is 0 Å². The number of alkyl halides is 3. The highest BCUT2D eigenvalue weighted by molar-refractivity contribution is 7.38. The Bertz CT molecular complexity index is 705. The molecule has 1 atom stereocenters. The van der Waals surface area contributed by atoms with Crippen LogP contribution in [0.4, 0.5) is 13.2 Å². The van der Waals surface area contributed by atoms with Gasteiger partial charge in [-0.3, -0.25) is 0 Å². The number of halogens is 4. The monoisotopic (exact) mass is 454 g/mol. The number of rotatable bonds is 2. The van der Waals surface area contributed by atoms with Crippen LogP contribution in [0, 0.1) is 14.8 Å². The standard InChI is InChI=1S/C18H22F3S.BrO3/c1-2-13-10-7-11-16-15(13)12-17(22(16)18(19,20)21)14-8-5-3-4-6-9-14;2-1(3)4/h7,10-12,14H,2-6,8-9H2,1H3;/q+1;-1. The second kappa shape index (κ2) is 9.50. The van der Waals surface area contributed by atoms with Gasteiger partial charge in [-0.15, -0.1) is 13.2 Å². The third kappa shape index (κ3) is 5.42. The molecule has 1 unspecified atom stereocenters. The average molecular weight is 455 g/mol. The molecular formula is C18H22BrF3O3S. The fourth-order valence-electron chi connectivity index (χ4n) is 3.67. The summed E-state index contributed by atoms with van der Waals surface area (Å²) >= 11 is -3.65. The van der Waals surface area contributed by atoms with E-state index in [1.807, 2.05) is 19.1 Å². The predicted molar refractivity (Wildman–Crippen MR) is 87.5 cm³/mol. The maximum absolute atomic E-state index is 13.8. The van der Waals surface area contributed by atoms with Gasteiger partial charge in [0.15, 0.2) is 9.58 Å². The average Bonchev–Trinajstić information content (AvgIpc) is 2.75. The molecule has 0 amide bonds. The van der Waals surface area contributed by atoms with E-state index >= 15 is 0 Å². The first kappa shape index (κ1) is 21.6. The van der Waals surface area contributed by atoms with Crippen molar-refractivity contribution in [2.45, 2.75) is 63.3 Å². The van der Waals surface area contributed by atoms with E-state index in [0.29, 0.717) is 9.58 Å². The van der Waals surface area contributed by atoms with E-state index in [0.717, 1.165) is 55.9 Å². The van der Waals surface area contributed by atoms with Crippen molar-refractivity contribution in [3.63, 3.8) is 0 Å². The molecule has 2 aromatic rings. The zero-order valence-corrected chi connectivity index (χ0v) is 16.9. The SMILES string of the molecule is CCc1cccc2c1cc(C1CCCCCC1)[s+]2C(F)(F)F.[O-][Br+2]([O-])[O-]. The Labute approximate surface area is 159 Å². The van der Waals surface area contributed by atoms with Gasteiger partial charge in [0.25, 0.3) is 0 Å². The molecule has 26 heavy (non-hydrogen) atoms. The summed E-state index contributed by atoms with van der Waals surface area (Å²) in [4.78, 5) is 0.658. The lowest BCUT2D eigenvalue weighted by Gasteiger charge is -2.10. The van der Waals surface area contributed by atoms with E-state index in [1.54, 1.807) is 12.1 Å². The summed E-state index contributed by atoms with van der Waals surface area (Å²) in [5.41, 5.74) is -3.11. The second-order valence-corrected chi connectivity index (χ2v) is 9.14. The molecule has 3 nitrogen and oxygen atoms in total. The molecule has 1 fully saturated rings. The number of hydrogen-bond acceptors (Lipinski definition) is 3. The minimum atomic E-state index is -4.16. The van der Waals surface area contributed by atoms with E-state index in [-0.39, 0.29) is 5.92 Å². The third-order valence-corrected chi connectivity index (χ3v) is 6.95. The molecular weight excluding hydrogens is 433 g/mol. The molecule has 8 heteroatoms. The Balaban J connectivity index is 0.000000552. The molecule has 1 saturated carbocycles. The van der Waals surface area contributed by atoms with E-state index in [1.165, 1.54) is 0 Å². The molecule has 0 bridgehead atoms. The van der Waals surface area contributed by atoms with Crippen LogP contribution in [0.3, 0.4) is 0 Å². The molecule has 146 valence electrons. The van der Waals surface area contributed by atoms with Gasteiger partial charge < -0.3 is 12.6 Å². The molecule has 1 heterocycles. The van der Waals surface area contributed by atoms with Crippen LogP contribution in [0.5, 0.6) is 0 Å². The molecule has 0 spiro atoms. The molecule has 1 aliphatic rings. The van der Waals surface area contributed by atoms with Crippen molar-refractivity contribution in [2.75, 3.05) is 0 Å². The van der Waals surface area contributed by atoms with Gasteiger partial charge in [0, 0.05) is 17.4 Å². The van der Waals surface area contributed by atoms with E-state index in [4.69, 9.17) is 12.6 Å². The molecule has 0 saturated heterocycles. The van der Waals surface area contributed by atoms with Gasteiger partial charge >= 0.3 is 5.51 Å². The van der Waals surface area contributed by atoms with E-state index < -0.39 is 30.8 Å². The van der Waals surface area contributed by atoms with Crippen molar-refractivity contribution in [1.82, 2.24) is 0 Å². The molecule has 0 radical (unpaired) electrons. The Morgan fingerprint density at radius 3 is 2.15 bits per heavy atom. The van der Waals surface area contributed by atoms with Crippen LogP contribution in [-0.2, 0) is 11.9 Å². The Morgan fingerprint density at radius 1 is 1.08 bits per heavy atom. The summed E-state index contributed by atoms with van der Waals surface area (Å²) in [6.45, 7) is 2.01. The third-order valence-electron chi connectivity index (χ3n) is 4.77. The lowest BCUT2D eigenvalue weighted by molar-refractivity contribution is -1.73. The van der Waals surface area contributed by atoms with Crippen molar-refractivity contribution in [2.24, 2.45) is 0 Å². The van der Waals surface area contributed by atoms with Gasteiger partial charge in [-0.25, -0.2) is 0 Å². The fourth-order valence-corrected chi connectivity index (χ4v) is 5.87. The minimum Gasteiger partial charge on any atom is -0.405 e. The molecule has 1 aromatic heterocycles. The van der Waals surface area contributed by atoms with E-state index in [2.05, 4.69) is 0 Å². The second-order valence-electron chi connectivity index (χ2n) is 6.36. The van der Waals surface area contributed by atoms with Crippen LogP contribution in [0.1, 0.15) is 61.8 Å². The number of hydrogen-bond donors (Lipinski definition) is 0. The highest BCUT2D eigenvalue weighted by Gasteiger charge is 2.49. The Morgan fingerprint density at radius 2 is 1.65 bits per heavy atom. The van der Waals surface area contributed by atoms with Crippen LogP contribution >= 0.6 is 10.5 Å². The first-order valence-corrected chi connectivity index (χ1v) is 11.8. The zero-order chi connectivity index (χ0) is 19.3. The fraction of sp³-hybridized carbons (Fsp3) is 0.556. The summed E-state index contributed by atoms with van der Waals surface area (Å²) < 4.78 is 67.3.